The van der Waals surface area contributed by atoms with Crippen LogP contribution in [0.25, 0.3) is 0 Å². The fraction of sp³-hybridized carbons (Fsp3) is 0.333. The summed E-state index contributed by atoms with van der Waals surface area (Å²) in [5, 5.41) is 20.2. The van der Waals surface area contributed by atoms with E-state index in [-0.39, 0.29) is 0 Å². The maximum atomic E-state index is 11.7. The number of nitrogens with one attached hydrogen (secondary N) is 1. The van der Waals surface area contributed by atoms with Gasteiger partial charge < -0.3 is 15.5 Å². The van der Waals surface area contributed by atoms with Gasteiger partial charge in [-0.25, -0.2) is 4.79 Å². The number of hydrogen-bond acceptors (Lipinski definition) is 3. The molecule has 5 heteroatoms. The van der Waals surface area contributed by atoms with Crippen LogP contribution in [0, 0.1) is 6.92 Å². The van der Waals surface area contributed by atoms with Crippen LogP contribution in [0.5, 0.6) is 0 Å². The second-order valence-corrected chi connectivity index (χ2v) is 3.91. The molecule has 2 atom stereocenters. The third-order valence-corrected chi connectivity index (χ3v) is 2.40. The minimum absolute atomic E-state index is 0.405. The van der Waals surface area contributed by atoms with Crippen LogP contribution in [-0.4, -0.2) is 34.2 Å². The van der Waals surface area contributed by atoms with Crippen LogP contribution in [0.1, 0.15) is 22.8 Å². The number of hydrogen-bond donors (Lipinski definition) is 3. The zero-order valence-corrected chi connectivity index (χ0v) is 9.68. The lowest BCUT2D eigenvalue weighted by atomic mass is 10.1. The Balaban J connectivity index is 2.66. The third kappa shape index (κ3) is 3.57. The Hall–Kier alpha value is -1.88. The molecule has 92 valence electrons. The topological polar surface area (TPSA) is 86.6 Å². The van der Waals surface area contributed by atoms with Crippen LogP contribution < -0.4 is 5.32 Å². The monoisotopic (exact) mass is 237 g/mol. The summed E-state index contributed by atoms with van der Waals surface area (Å²) in [6.45, 7) is 3.34. The molecule has 0 aliphatic heterocycles. The fourth-order valence-corrected chi connectivity index (χ4v) is 1.29. The second kappa shape index (κ2) is 5.45. The van der Waals surface area contributed by atoms with Crippen LogP contribution in [0.3, 0.4) is 0 Å². The molecule has 1 rings (SSSR count). The van der Waals surface area contributed by atoms with E-state index in [4.69, 9.17) is 5.11 Å². The summed E-state index contributed by atoms with van der Waals surface area (Å²) < 4.78 is 0. The molecule has 2 unspecified atom stereocenters. The molecular formula is C12H15NO4. The molecule has 0 heterocycles. The van der Waals surface area contributed by atoms with Crippen molar-refractivity contribution in [3.63, 3.8) is 0 Å². The van der Waals surface area contributed by atoms with Crippen molar-refractivity contribution >= 4 is 11.9 Å². The molecule has 0 aliphatic carbocycles. The van der Waals surface area contributed by atoms with Gasteiger partial charge in [0.1, 0.15) is 0 Å². The Morgan fingerprint density at radius 2 is 1.76 bits per heavy atom. The number of aryl methyl sites for hydroxylation is 1. The molecule has 0 fully saturated rings. The molecule has 1 amide bonds. The highest BCUT2D eigenvalue weighted by Crippen LogP contribution is 2.04. The number of aliphatic hydroxyl groups excluding tert-OH is 1. The minimum atomic E-state index is -1.61. The van der Waals surface area contributed by atoms with E-state index in [1.165, 1.54) is 6.92 Å². The van der Waals surface area contributed by atoms with Crippen molar-refractivity contribution in [2.24, 2.45) is 0 Å². The normalized spacial score (nSPS) is 13.8. The summed E-state index contributed by atoms with van der Waals surface area (Å²) in [6.07, 6.45) is -1.61. The average Bonchev–Trinajstić information content (AvgIpc) is 2.28. The predicted molar refractivity (Wildman–Crippen MR) is 61.7 cm³/mol. The number of carbonyl (C=O) groups excluding carboxylic acids is 1. The molecule has 1 aromatic carbocycles. The number of rotatable bonds is 4. The van der Waals surface area contributed by atoms with Gasteiger partial charge in [-0.3, -0.25) is 4.79 Å². The van der Waals surface area contributed by atoms with Gasteiger partial charge in [-0.05, 0) is 26.0 Å². The highest BCUT2D eigenvalue weighted by atomic mass is 16.4. The lowest BCUT2D eigenvalue weighted by Gasteiger charge is -2.16. The molecule has 0 saturated heterocycles. The molecule has 3 N–H and O–H groups in total. The van der Waals surface area contributed by atoms with Crippen molar-refractivity contribution < 1.29 is 19.8 Å². The molecule has 1 aromatic rings. The molecule has 0 radical (unpaired) electrons. The van der Waals surface area contributed by atoms with Crippen LogP contribution >= 0.6 is 0 Å². The summed E-state index contributed by atoms with van der Waals surface area (Å²) >= 11 is 0. The average molecular weight is 237 g/mol. The van der Waals surface area contributed by atoms with E-state index >= 15 is 0 Å². The van der Waals surface area contributed by atoms with E-state index < -0.39 is 24.0 Å². The zero-order valence-electron chi connectivity index (χ0n) is 9.68. The van der Waals surface area contributed by atoms with Gasteiger partial charge >= 0.3 is 5.97 Å². The van der Waals surface area contributed by atoms with Crippen LogP contribution in [0.15, 0.2) is 24.3 Å². The molecule has 0 aliphatic rings. The van der Waals surface area contributed by atoms with Gasteiger partial charge in [0.15, 0.2) is 6.10 Å². The first-order chi connectivity index (χ1) is 7.91. The van der Waals surface area contributed by atoms with E-state index in [9.17, 15) is 14.7 Å². The summed E-state index contributed by atoms with van der Waals surface area (Å²) in [4.78, 5) is 22.2. The summed E-state index contributed by atoms with van der Waals surface area (Å²) in [7, 11) is 0. The van der Waals surface area contributed by atoms with Crippen molar-refractivity contribution in [3.8, 4) is 0 Å². The summed E-state index contributed by atoms with van der Waals surface area (Å²) in [5.74, 6) is -1.76. The van der Waals surface area contributed by atoms with Gasteiger partial charge in [0.05, 0.1) is 6.04 Å². The van der Waals surface area contributed by atoms with Crippen molar-refractivity contribution in [3.05, 3.63) is 35.4 Å². The Morgan fingerprint density at radius 3 is 2.24 bits per heavy atom. The molecule has 17 heavy (non-hydrogen) atoms. The van der Waals surface area contributed by atoms with Gasteiger partial charge in [0.25, 0.3) is 5.91 Å². The second-order valence-electron chi connectivity index (χ2n) is 3.91. The smallest absolute Gasteiger partial charge is 0.334 e. The van der Waals surface area contributed by atoms with Gasteiger partial charge in [0.2, 0.25) is 0 Å². The zero-order chi connectivity index (χ0) is 13.0. The van der Waals surface area contributed by atoms with Gasteiger partial charge in [-0.2, -0.15) is 0 Å². The number of aliphatic hydroxyl groups is 1. The maximum Gasteiger partial charge on any atom is 0.334 e. The number of carbonyl (C=O) groups is 2. The predicted octanol–water partition coefficient (Wildman–Crippen LogP) is 0.559. The summed E-state index contributed by atoms with van der Waals surface area (Å²) in [5.41, 5.74) is 1.46. The Morgan fingerprint density at radius 1 is 1.24 bits per heavy atom. The van der Waals surface area contributed by atoms with Crippen molar-refractivity contribution in [1.82, 2.24) is 5.32 Å². The van der Waals surface area contributed by atoms with Crippen LogP contribution in [0.2, 0.25) is 0 Å². The quantitative estimate of drug-likeness (QED) is 0.714. The van der Waals surface area contributed by atoms with Gasteiger partial charge in [-0.1, -0.05) is 17.7 Å². The largest absolute Gasteiger partial charge is 0.479 e. The molecule has 0 spiro atoms. The Labute approximate surface area is 99.1 Å². The van der Waals surface area contributed by atoms with Crippen molar-refractivity contribution in [1.29, 1.82) is 0 Å². The summed E-state index contributed by atoms with van der Waals surface area (Å²) in [6, 6.07) is 6.01. The first kappa shape index (κ1) is 13.2. The third-order valence-electron chi connectivity index (χ3n) is 2.40. The van der Waals surface area contributed by atoms with Gasteiger partial charge in [0, 0.05) is 5.56 Å². The first-order valence-electron chi connectivity index (χ1n) is 5.20. The molecule has 0 saturated carbocycles. The molecule has 0 aromatic heterocycles. The highest BCUT2D eigenvalue weighted by Gasteiger charge is 2.23. The van der Waals surface area contributed by atoms with E-state index in [1.54, 1.807) is 24.3 Å². The SMILES string of the molecule is Cc1ccc(C(=O)NC(C)C(O)C(=O)O)cc1. The Kier molecular flexibility index (Phi) is 4.23. The van der Waals surface area contributed by atoms with Crippen molar-refractivity contribution in [2.75, 3.05) is 0 Å². The van der Waals surface area contributed by atoms with E-state index in [0.29, 0.717) is 5.56 Å². The number of carboxylic acid groups (broad SMARTS) is 1. The number of aliphatic carboxylic acids is 1. The lowest BCUT2D eigenvalue weighted by Crippen LogP contribution is -2.44. The molecule has 0 bridgehead atoms. The number of amides is 1. The maximum absolute atomic E-state index is 11.7. The minimum Gasteiger partial charge on any atom is -0.479 e. The van der Waals surface area contributed by atoms with E-state index in [1.807, 2.05) is 6.92 Å². The van der Waals surface area contributed by atoms with Gasteiger partial charge in [-0.15, -0.1) is 0 Å². The number of carboxylic acids is 1. The molecular weight excluding hydrogens is 222 g/mol. The highest BCUT2D eigenvalue weighted by molar-refractivity contribution is 5.94. The van der Waals surface area contributed by atoms with E-state index in [2.05, 4.69) is 5.32 Å². The lowest BCUT2D eigenvalue weighted by molar-refractivity contribution is -0.147. The van der Waals surface area contributed by atoms with Crippen molar-refractivity contribution in [2.45, 2.75) is 26.0 Å². The first-order valence-corrected chi connectivity index (χ1v) is 5.20. The van der Waals surface area contributed by atoms with E-state index in [0.717, 1.165) is 5.56 Å². The number of benzene rings is 1. The molecule has 5 nitrogen and oxygen atoms in total. The van der Waals surface area contributed by atoms with Crippen LogP contribution in [0.4, 0.5) is 0 Å². The standard InChI is InChI=1S/C12H15NO4/c1-7-3-5-9(6-4-7)11(15)13-8(2)10(14)12(16)17/h3-6,8,10,14H,1-2H3,(H,13,15)(H,16,17). The van der Waals surface area contributed by atoms with Crippen LogP contribution in [-0.2, 0) is 4.79 Å². The fourth-order valence-electron chi connectivity index (χ4n) is 1.29. The Bertz CT molecular complexity index is 413.